The summed E-state index contributed by atoms with van der Waals surface area (Å²) in [6.45, 7) is 4.66. The van der Waals surface area contributed by atoms with Gasteiger partial charge in [0, 0.05) is 49.8 Å². The number of aromatic nitrogens is 4. The quantitative estimate of drug-likeness (QED) is 0.186. The third-order valence-electron chi connectivity index (χ3n) is 11.3. The van der Waals surface area contributed by atoms with Crippen LogP contribution in [0.25, 0.3) is 88.9 Å². The van der Waals surface area contributed by atoms with Gasteiger partial charge < -0.3 is 4.57 Å². The van der Waals surface area contributed by atoms with E-state index >= 15 is 0 Å². The molecule has 0 atom stereocenters. The van der Waals surface area contributed by atoms with Crippen LogP contribution in [0.4, 0.5) is 0 Å². The van der Waals surface area contributed by atoms with Gasteiger partial charge >= 0.3 is 0 Å². The molecule has 4 nitrogen and oxygen atoms in total. The monoisotopic (exact) mass is 678 g/mol. The van der Waals surface area contributed by atoms with E-state index < -0.39 is 0 Å². The van der Waals surface area contributed by atoms with Crippen molar-refractivity contribution in [3.63, 3.8) is 0 Å². The van der Waals surface area contributed by atoms with E-state index in [4.69, 9.17) is 9.97 Å². The molecule has 0 spiro atoms. The van der Waals surface area contributed by atoms with Crippen molar-refractivity contribution < 1.29 is 0 Å². The molecular weight excluding hydrogens is 645 g/mol. The first-order chi connectivity index (χ1) is 26.1. The van der Waals surface area contributed by atoms with E-state index in [0.29, 0.717) is 5.82 Å². The highest BCUT2D eigenvalue weighted by Gasteiger charge is 2.35. The number of hydrogen-bond donors (Lipinski definition) is 0. The van der Waals surface area contributed by atoms with Crippen LogP contribution in [-0.2, 0) is 5.41 Å². The van der Waals surface area contributed by atoms with E-state index in [1.807, 2.05) is 6.07 Å². The fraction of sp³-hybridized carbons (Fsp3) is 0.0612. The number of para-hydroxylation sites is 3. The van der Waals surface area contributed by atoms with Gasteiger partial charge in [0.05, 0.1) is 27.8 Å². The van der Waals surface area contributed by atoms with Crippen LogP contribution < -0.4 is 0 Å². The molecule has 250 valence electrons. The van der Waals surface area contributed by atoms with Crippen LogP contribution >= 0.6 is 0 Å². The van der Waals surface area contributed by atoms with E-state index in [2.05, 4.69) is 187 Å². The van der Waals surface area contributed by atoms with Gasteiger partial charge in [-0.1, -0.05) is 147 Å². The molecule has 0 aliphatic heterocycles. The summed E-state index contributed by atoms with van der Waals surface area (Å²) < 4.78 is 4.79. The Hall–Kier alpha value is -6.78. The van der Waals surface area contributed by atoms with Gasteiger partial charge in [0.15, 0.2) is 5.82 Å². The predicted molar refractivity (Wildman–Crippen MR) is 219 cm³/mol. The maximum atomic E-state index is 5.41. The molecule has 0 unspecified atom stereocenters. The van der Waals surface area contributed by atoms with E-state index in [1.54, 1.807) is 0 Å². The van der Waals surface area contributed by atoms with Crippen molar-refractivity contribution in [2.24, 2.45) is 0 Å². The van der Waals surface area contributed by atoms with E-state index in [0.717, 1.165) is 44.9 Å². The van der Waals surface area contributed by atoms with Crippen molar-refractivity contribution in [3.05, 3.63) is 181 Å². The lowest BCUT2D eigenvalue weighted by molar-refractivity contribution is 0.660. The summed E-state index contributed by atoms with van der Waals surface area (Å²) in [6.07, 6.45) is 0. The Labute approximate surface area is 307 Å². The molecule has 7 aromatic carbocycles. The lowest BCUT2D eigenvalue weighted by Crippen LogP contribution is -2.15. The maximum Gasteiger partial charge on any atom is 0.162 e. The van der Waals surface area contributed by atoms with Gasteiger partial charge in [-0.25, -0.2) is 9.97 Å². The zero-order chi connectivity index (χ0) is 35.3. The summed E-state index contributed by atoms with van der Waals surface area (Å²) in [5.74, 6) is 1.53. The van der Waals surface area contributed by atoms with Crippen molar-refractivity contribution in [1.29, 1.82) is 0 Å². The molecule has 11 rings (SSSR count). The molecule has 0 radical (unpaired) electrons. The van der Waals surface area contributed by atoms with E-state index in [9.17, 15) is 0 Å². The normalized spacial score (nSPS) is 13.2. The smallest absolute Gasteiger partial charge is 0.162 e. The van der Waals surface area contributed by atoms with Crippen LogP contribution in [0.5, 0.6) is 0 Å². The SMILES string of the molecule is CC1(C)c2ccccc2-c2ccc(-c3cc(-n4c5ccccc5c5ccc6c7ccccc7n(-c7ccccc7)c6c54)nc(-c4ccccc4)n3)cc21. The largest absolute Gasteiger partial charge is 0.307 e. The van der Waals surface area contributed by atoms with E-state index in [1.165, 1.54) is 49.3 Å². The van der Waals surface area contributed by atoms with Gasteiger partial charge in [0.1, 0.15) is 5.82 Å². The molecule has 0 saturated carbocycles. The third-order valence-corrected chi connectivity index (χ3v) is 11.3. The number of fused-ring (bicyclic) bond motifs is 10. The minimum Gasteiger partial charge on any atom is -0.307 e. The molecular formula is C49H34N4. The Morgan fingerprint density at radius 2 is 1.02 bits per heavy atom. The molecule has 53 heavy (non-hydrogen) atoms. The van der Waals surface area contributed by atoms with Gasteiger partial charge in [0.25, 0.3) is 0 Å². The Bertz CT molecular complexity index is 3080. The second-order valence-corrected chi connectivity index (χ2v) is 14.6. The van der Waals surface area contributed by atoms with Crippen molar-refractivity contribution >= 4 is 43.6 Å². The molecule has 0 fully saturated rings. The highest BCUT2D eigenvalue weighted by molar-refractivity contribution is 6.23. The summed E-state index contributed by atoms with van der Waals surface area (Å²) in [5.41, 5.74) is 13.8. The lowest BCUT2D eigenvalue weighted by Gasteiger charge is -2.22. The average molecular weight is 679 g/mol. The molecule has 0 bridgehead atoms. The molecule has 0 saturated heterocycles. The topological polar surface area (TPSA) is 35.6 Å². The number of rotatable bonds is 4. The first-order valence-electron chi connectivity index (χ1n) is 18.3. The fourth-order valence-electron chi connectivity index (χ4n) is 8.86. The minimum absolute atomic E-state index is 0.122. The molecule has 3 heterocycles. The van der Waals surface area contributed by atoms with Crippen LogP contribution in [0.2, 0.25) is 0 Å². The molecule has 0 N–H and O–H groups in total. The summed E-state index contributed by atoms with van der Waals surface area (Å²) in [7, 11) is 0. The number of nitrogens with zero attached hydrogens (tertiary/aromatic N) is 4. The van der Waals surface area contributed by atoms with Gasteiger partial charge in [-0.2, -0.15) is 0 Å². The second kappa shape index (κ2) is 11.1. The van der Waals surface area contributed by atoms with Crippen molar-refractivity contribution in [1.82, 2.24) is 19.1 Å². The first-order valence-corrected chi connectivity index (χ1v) is 18.3. The predicted octanol–water partition coefficient (Wildman–Crippen LogP) is 12.3. The first kappa shape index (κ1) is 29.9. The molecule has 4 heteroatoms. The molecule has 0 amide bonds. The van der Waals surface area contributed by atoms with Gasteiger partial charge in [0.2, 0.25) is 0 Å². The zero-order valence-electron chi connectivity index (χ0n) is 29.5. The highest BCUT2D eigenvalue weighted by atomic mass is 15.1. The number of hydrogen-bond acceptors (Lipinski definition) is 2. The standard InChI is InChI=1S/C49H34N4/c1-49(2)40-22-12-9-19-34(40)35-26-25-32(29-41(35)49)42-30-45(51-48(50-42)31-15-5-3-6-16-31)53-44-24-14-11-21-37(44)39-28-27-38-36-20-10-13-23-43(36)52(46(38)47(39)53)33-17-7-4-8-18-33/h3-30H,1-2H3. The zero-order valence-corrected chi connectivity index (χ0v) is 29.5. The summed E-state index contributed by atoms with van der Waals surface area (Å²) >= 11 is 0. The summed E-state index contributed by atoms with van der Waals surface area (Å²) in [4.78, 5) is 10.7. The van der Waals surface area contributed by atoms with Gasteiger partial charge in [-0.05, 0) is 52.6 Å². The van der Waals surface area contributed by atoms with Crippen molar-refractivity contribution in [2.75, 3.05) is 0 Å². The fourth-order valence-corrected chi connectivity index (χ4v) is 8.86. The van der Waals surface area contributed by atoms with Crippen LogP contribution in [0.15, 0.2) is 170 Å². The van der Waals surface area contributed by atoms with Crippen LogP contribution in [0.3, 0.4) is 0 Å². The summed E-state index contributed by atoms with van der Waals surface area (Å²) in [6, 6.07) is 60.9. The van der Waals surface area contributed by atoms with Gasteiger partial charge in [-0.3, -0.25) is 4.57 Å². The van der Waals surface area contributed by atoms with E-state index in [-0.39, 0.29) is 5.41 Å². The third kappa shape index (κ3) is 4.30. The summed E-state index contributed by atoms with van der Waals surface area (Å²) in [5, 5.41) is 4.80. The highest BCUT2D eigenvalue weighted by Crippen LogP contribution is 2.49. The van der Waals surface area contributed by atoms with Crippen LogP contribution in [0.1, 0.15) is 25.0 Å². The second-order valence-electron chi connectivity index (χ2n) is 14.6. The molecule has 1 aliphatic rings. The Morgan fingerprint density at radius 1 is 0.434 bits per heavy atom. The van der Waals surface area contributed by atoms with Gasteiger partial charge in [-0.15, -0.1) is 0 Å². The Balaban J connectivity index is 1.25. The minimum atomic E-state index is -0.122. The van der Waals surface area contributed by atoms with Crippen LogP contribution in [-0.4, -0.2) is 19.1 Å². The maximum absolute atomic E-state index is 5.41. The number of benzene rings is 7. The van der Waals surface area contributed by atoms with Crippen molar-refractivity contribution in [2.45, 2.75) is 19.3 Å². The molecule has 1 aliphatic carbocycles. The molecule has 10 aromatic rings. The Morgan fingerprint density at radius 3 is 1.75 bits per heavy atom. The lowest BCUT2D eigenvalue weighted by atomic mass is 9.82. The molecule has 3 aromatic heterocycles. The van der Waals surface area contributed by atoms with Crippen molar-refractivity contribution in [3.8, 4) is 45.3 Å². The Kier molecular flexibility index (Phi) is 6.27. The average Bonchev–Trinajstić information content (AvgIpc) is 3.82. The van der Waals surface area contributed by atoms with Crippen LogP contribution in [0, 0.1) is 0 Å².